The number of nitrogens with one attached hydrogen (secondary N) is 1. The first-order valence-corrected chi connectivity index (χ1v) is 9.19. The third kappa shape index (κ3) is 3.29. The Morgan fingerprint density at radius 3 is 2.58 bits per heavy atom. The predicted molar refractivity (Wildman–Crippen MR) is 95.3 cm³/mol. The van der Waals surface area contributed by atoms with Gasteiger partial charge in [0.1, 0.15) is 0 Å². The quantitative estimate of drug-likeness (QED) is 0.941. The lowest BCUT2D eigenvalue weighted by Crippen LogP contribution is -2.23. The van der Waals surface area contributed by atoms with E-state index in [2.05, 4.69) is 39.4 Å². The molecule has 1 fully saturated rings. The molecule has 1 aliphatic carbocycles. The van der Waals surface area contributed by atoms with Gasteiger partial charge in [-0.2, -0.15) is 5.10 Å². The molecule has 1 saturated heterocycles. The van der Waals surface area contributed by atoms with Crippen molar-refractivity contribution in [3.05, 3.63) is 62.6 Å². The average Bonchev–Trinajstić information content (AvgIpc) is 3.11. The average molecular weight is 323 g/mol. The van der Waals surface area contributed by atoms with Crippen molar-refractivity contribution in [2.75, 3.05) is 13.1 Å². The zero-order chi connectivity index (χ0) is 16.4. The van der Waals surface area contributed by atoms with Crippen LogP contribution in [0.5, 0.6) is 0 Å². The van der Waals surface area contributed by atoms with E-state index in [1.165, 1.54) is 49.0 Å². The summed E-state index contributed by atoms with van der Waals surface area (Å²) in [7, 11) is 0. The molecule has 0 unspecified atom stereocenters. The molecular formula is C20H25N3O. The van der Waals surface area contributed by atoms with Crippen molar-refractivity contribution < 1.29 is 0 Å². The maximum absolute atomic E-state index is 12.0. The Kier molecular flexibility index (Phi) is 4.48. The Balaban J connectivity index is 1.56. The molecule has 1 aliphatic heterocycles. The van der Waals surface area contributed by atoms with Gasteiger partial charge in [-0.25, -0.2) is 5.10 Å². The van der Waals surface area contributed by atoms with Gasteiger partial charge in [-0.05, 0) is 68.3 Å². The van der Waals surface area contributed by atoms with Gasteiger partial charge in [-0.15, -0.1) is 0 Å². The minimum atomic E-state index is 0.0104. The van der Waals surface area contributed by atoms with Crippen molar-refractivity contribution in [1.82, 2.24) is 15.1 Å². The standard InChI is InChI=1S/C20H25N3O/c24-20-18-9-2-1-8-17(18)19(21-22-20)13-15-6-5-7-16(12-15)14-23-10-3-4-11-23/h5-7,12H,1-4,8-11,13-14H2,(H,22,24). The second-order valence-corrected chi connectivity index (χ2v) is 7.14. The fourth-order valence-corrected chi connectivity index (χ4v) is 4.10. The molecule has 126 valence electrons. The second-order valence-electron chi connectivity index (χ2n) is 7.14. The van der Waals surface area contributed by atoms with Gasteiger partial charge in [-0.3, -0.25) is 9.69 Å². The molecule has 0 spiro atoms. The Bertz CT molecular complexity index is 775. The summed E-state index contributed by atoms with van der Waals surface area (Å²) < 4.78 is 0. The number of hydrogen-bond acceptors (Lipinski definition) is 3. The number of H-pyrrole nitrogens is 1. The predicted octanol–water partition coefficient (Wildman–Crippen LogP) is 2.84. The molecule has 4 nitrogen and oxygen atoms in total. The highest BCUT2D eigenvalue weighted by Crippen LogP contribution is 2.22. The number of benzene rings is 1. The van der Waals surface area contributed by atoms with Crippen LogP contribution in [0.1, 0.15) is 53.6 Å². The molecule has 2 heterocycles. The lowest BCUT2D eigenvalue weighted by molar-refractivity contribution is 0.331. The number of likely N-dealkylation sites (tertiary alicyclic amines) is 1. The fraction of sp³-hybridized carbons (Fsp3) is 0.500. The maximum atomic E-state index is 12.0. The highest BCUT2D eigenvalue weighted by molar-refractivity contribution is 5.35. The van der Waals surface area contributed by atoms with Crippen LogP contribution < -0.4 is 5.56 Å². The molecule has 4 heteroatoms. The van der Waals surface area contributed by atoms with E-state index in [-0.39, 0.29) is 5.56 Å². The van der Waals surface area contributed by atoms with Crippen LogP contribution in [0.15, 0.2) is 29.1 Å². The largest absolute Gasteiger partial charge is 0.299 e. The summed E-state index contributed by atoms with van der Waals surface area (Å²) in [6, 6.07) is 8.85. The van der Waals surface area contributed by atoms with Crippen LogP contribution in [-0.4, -0.2) is 28.2 Å². The molecule has 0 atom stereocenters. The van der Waals surface area contributed by atoms with Crippen LogP contribution in [0.2, 0.25) is 0 Å². The molecule has 2 aromatic rings. The molecule has 1 N–H and O–H groups in total. The van der Waals surface area contributed by atoms with Crippen molar-refractivity contribution in [2.45, 2.75) is 51.5 Å². The minimum absolute atomic E-state index is 0.0104. The number of nitrogens with zero attached hydrogens (tertiary/aromatic N) is 2. The SMILES string of the molecule is O=c1[nH]nc(Cc2cccc(CN3CCCC3)c2)c2c1CCCC2. The van der Waals surface area contributed by atoms with Crippen LogP contribution in [-0.2, 0) is 25.8 Å². The molecule has 0 bridgehead atoms. The first kappa shape index (κ1) is 15.6. The number of fused-ring (bicyclic) bond motifs is 1. The molecule has 4 rings (SSSR count). The van der Waals surface area contributed by atoms with Crippen LogP contribution in [0.4, 0.5) is 0 Å². The molecule has 1 aromatic carbocycles. The molecule has 0 saturated carbocycles. The lowest BCUT2D eigenvalue weighted by atomic mass is 9.90. The molecular weight excluding hydrogens is 298 g/mol. The molecule has 24 heavy (non-hydrogen) atoms. The zero-order valence-corrected chi connectivity index (χ0v) is 14.2. The third-order valence-electron chi connectivity index (χ3n) is 5.35. The summed E-state index contributed by atoms with van der Waals surface area (Å²) >= 11 is 0. The molecule has 0 amide bonds. The third-order valence-corrected chi connectivity index (χ3v) is 5.35. The number of aromatic nitrogens is 2. The van der Waals surface area contributed by atoms with Crippen molar-refractivity contribution >= 4 is 0 Å². The van der Waals surface area contributed by atoms with Crippen molar-refractivity contribution in [1.29, 1.82) is 0 Å². The van der Waals surface area contributed by atoms with E-state index in [1.54, 1.807) is 0 Å². The van der Waals surface area contributed by atoms with E-state index in [4.69, 9.17) is 0 Å². The number of hydrogen-bond donors (Lipinski definition) is 1. The van der Waals surface area contributed by atoms with E-state index in [1.807, 2.05) is 0 Å². The van der Waals surface area contributed by atoms with Crippen LogP contribution >= 0.6 is 0 Å². The van der Waals surface area contributed by atoms with E-state index in [0.29, 0.717) is 0 Å². The van der Waals surface area contributed by atoms with E-state index >= 15 is 0 Å². The van der Waals surface area contributed by atoms with Crippen molar-refractivity contribution in [2.24, 2.45) is 0 Å². The lowest BCUT2D eigenvalue weighted by Gasteiger charge is -2.18. The van der Waals surface area contributed by atoms with Gasteiger partial charge in [0.15, 0.2) is 0 Å². The van der Waals surface area contributed by atoms with E-state index < -0.39 is 0 Å². The smallest absolute Gasteiger partial charge is 0.267 e. The molecule has 1 aromatic heterocycles. The van der Waals surface area contributed by atoms with Crippen LogP contribution in [0.25, 0.3) is 0 Å². The second kappa shape index (κ2) is 6.89. The zero-order valence-electron chi connectivity index (χ0n) is 14.2. The summed E-state index contributed by atoms with van der Waals surface area (Å²) in [6.45, 7) is 3.49. The fourth-order valence-electron chi connectivity index (χ4n) is 4.10. The van der Waals surface area contributed by atoms with Crippen LogP contribution in [0, 0.1) is 0 Å². The highest BCUT2D eigenvalue weighted by Gasteiger charge is 2.18. The Morgan fingerprint density at radius 2 is 1.75 bits per heavy atom. The van der Waals surface area contributed by atoms with Gasteiger partial charge in [0.05, 0.1) is 5.69 Å². The van der Waals surface area contributed by atoms with E-state index in [9.17, 15) is 4.79 Å². The normalized spacial score (nSPS) is 17.8. The monoisotopic (exact) mass is 323 g/mol. The van der Waals surface area contributed by atoms with Gasteiger partial charge >= 0.3 is 0 Å². The first-order valence-electron chi connectivity index (χ1n) is 9.19. The topological polar surface area (TPSA) is 49.0 Å². The van der Waals surface area contributed by atoms with E-state index in [0.717, 1.165) is 43.5 Å². The van der Waals surface area contributed by atoms with Crippen LogP contribution in [0.3, 0.4) is 0 Å². The molecule has 2 aliphatic rings. The maximum Gasteiger partial charge on any atom is 0.267 e. The Morgan fingerprint density at radius 1 is 1.00 bits per heavy atom. The first-order chi connectivity index (χ1) is 11.8. The van der Waals surface area contributed by atoms with Crippen molar-refractivity contribution in [3.8, 4) is 0 Å². The van der Waals surface area contributed by atoms with Gasteiger partial charge in [0.2, 0.25) is 0 Å². The number of rotatable bonds is 4. The Hall–Kier alpha value is -1.94. The van der Waals surface area contributed by atoms with Gasteiger partial charge in [0, 0.05) is 18.5 Å². The van der Waals surface area contributed by atoms with Gasteiger partial charge < -0.3 is 0 Å². The van der Waals surface area contributed by atoms with Gasteiger partial charge in [-0.1, -0.05) is 24.3 Å². The number of aromatic amines is 1. The summed E-state index contributed by atoms with van der Waals surface area (Å²) in [4.78, 5) is 14.5. The Labute approximate surface area is 142 Å². The van der Waals surface area contributed by atoms with Crippen molar-refractivity contribution in [3.63, 3.8) is 0 Å². The minimum Gasteiger partial charge on any atom is -0.299 e. The van der Waals surface area contributed by atoms with Gasteiger partial charge in [0.25, 0.3) is 5.56 Å². The summed E-state index contributed by atoms with van der Waals surface area (Å²) in [5, 5.41) is 7.08. The molecule has 0 radical (unpaired) electrons. The summed E-state index contributed by atoms with van der Waals surface area (Å²) in [6.07, 6.45) is 7.64. The summed E-state index contributed by atoms with van der Waals surface area (Å²) in [5.74, 6) is 0. The summed E-state index contributed by atoms with van der Waals surface area (Å²) in [5.41, 5.74) is 5.92. The highest BCUT2D eigenvalue weighted by atomic mass is 16.1.